The number of nitrogens with zero attached hydrogens (tertiary/aromatic N) is 3. The number of fused-ring (bicyclic) bond motifs is 1. The monoisotopic (exact) mass is 347 g/mol. The standard InChI is InChI=1S/C18H22FN3OS/c1-21(2)10-11-22-16-5-3-4-15(16)17(20-18(22)23)24-12-13-6-8-14(19)9-7-13/h6-9H,3-5,10-12H2,1-2H3. The smallest absolute Gasteiger partial charge is 0.308 e. The average Bonchev–Trinajstić information content (AvgIpc) is 3.03. The van der Waals surface area contributed by atoms with Crippen LogP contribution in [0.1, 0.15) is 23.2 Å². The number of hydrogen-bond donors (Lipinski definition) is 0. The molecule has 0 spiro atoms. The minimum Gasteiger partial charge on any atom is -0.308 e. The molecule has 0 unspecified atom stereocenters. The Kier molecular flexibility index (Phi) is 5.36. The van der Waals surface area contributed by atoms with Crippen LogP contribution in [0.2, 0.25) is 0 Å². The van der Waals surface area contributed by atoms with E-state index in [0.717, 1.165) is 42.1 Å². The summed E-state index contributed by atoms with van der Waals surface area (Å²) in [4.78, 5) is 18.8. The van der Waals surface area contributed by atoms with Crippen molar-refractivity contribution >= 4 is 11.8 Å². The summed E-state index contributed by atoms with van der Waals surface area (Å²) in [6, 6.07) is 6.49. The maximum absolute atomic E-state index is 13.0. The number of benzene rings is 1. The largest absolute Gasteiger partial charge is 0.348 e. The molecule has 1 aromatic heterocycles. The fraction of sp³-hybridized carbons (Fsp3) is 0.444. The van der Waals surface area contributed by atoms with E-state index in [9.17, 15) is 9.18 Å². The van der Waals surface area contributed by atoms with Gasteiger partial charge >= 0.3 is 5.69 Å². The minimum atomic E-state index is -0.230. The molecule has 128 valence electrons. The molecule has 0 atom stereocenters. The van der Waals surface area contributed by atoms with Gasteiger partial charge in [0.05, 0.1) is 0 Å². The Morgan fingerprint density at radius 2 is 2.00 bits per heavy atom. The molecule has 24 heavy (non-hydrogen) atoms. The van der Waals surface area contributed by atoms with E-state index in [1.807, 2.05) is 18.7 Å². The maximum atomic E-state index is 13.0. The molecule has 0 saturated heterocycles. The Bertz CT molecular complexity index is 771. The van der Waals surface area contributed by atoms with E-state index in [0.29, 0.717) is 12.3 Å². The zero-order valence-electron chi connectivity index (χ0n) is 14.1. The fourth-order valence-corrected chi connectivity index (χ4v) is 4.00. The summed E-state index contributed by atoms with van der Waals surface area (Å²) in [6.45, 7) is 1.51. The van der Waals surface area contributed by atoms with E-state index in [4.69, 9.17) is 0 Å². The predicted molar refractivity (Wildman–Crippen MR) is 95.0 cm³/mol. The Balaban J connectivity index is 1.81. The van der Waals surface area contributed by atoms with E-state index < -0.39 is 0 Å². The van der Waals surface area contributed by atoms with Crippen LogP contribution in [0.15, 0.2) is 34.1 Å². The molecule has 4 nitrogen and oxygen atoms in total. The summed E-state index contributed by atoms with van der Waals surface area (Å²) in [5, 5.41) is 0.845. The first-order valence-electron chi connectivity index (χ1n) is 8.19. The molecule has 0 aliphatic heterocycles. The van der Waals surface area contributed by atoms with Crippen LogP contribution in [0.4, 0.5) is 4.39 Å². The first-order chi connectivity index (χ1) is 11.5. The molecule has 0 fully saturated rings. The van der Waals surface area contributed by atoms with E-state index in [1.54, 1.807) is 23.9 Å². The van der Waals surface area contributed by atoms with E-state index in [2.05, 4.69) is 9.88 Å². The second kappa shape index (κ2) is 7.49. The number of aromatic nitrogens is 2. The molecule has 1 aliphatic carbocycles. The Morgan fingerprint density at radius 1 is 1.25 bits per heavy atom. The zero-order chi connectivity index (χ0) is 17.1. The summed E-state index contributed by atoms with van der Waals surface area (Å²) in [6.07, 6.45) is 3.01. The highest BCUT2D eigenvalue weighted by Crippen LogP contribution is 2.31. The molecule has 2 aromatic rings. The molecule has 0 radical (unpaired) electrons. The van der Waals surface area contributed by atoms with Gasteiger partial charge < -0.3 is 4.90 Å². The summed E-state index contributed by atoms with van der Waals surface area (Å²) in [5.74, 6) is 0.465. The van der Waals surface area contributed by atoms with Gasteiger partial charge in [-0.15, -0.1) is 11.8 Å². The Morgan fingerprint density at radius 3 is 2.71 bits per heavy atom. The number of thioether (sulfide) groups is 1. The number of hydrogen-bond acceptors (Lipinski definition) is 4. The van der Waals surface area contributed by atoms with Gasteiger partial charge in [-0.05, 0) is 51.1 Å². The van der Waals surface area contributed by atoms with Gasteiger partial charge in [-0.1, -0.05) is 12.1 Å². The van der Waals surface area contributed by atoms with Gasteiger partial charge in [0.25, 0.3) is 0 Å². The summed E-state index contributed by atoms with van der Waals surface area (Å²) < 4.78 is 14.8. The molecule has 1 aromatic carbocycles. The normalized spacial score (nSPS) is 13.5. The molecule has 0 amide bonds. The summed E-state index contributed by atoms with van der Waals surface area (Å²) in [7, 11) is 4.01. The van der Waals surface area contributed by atoms with Crippen molar-refractivity contribution < 1.29 is 4.39 Å². The van der Waals surface area contributed by atoms with Crippen LogP contribution in [0.5, 0.6) is 0 Å². The maximum Gasteiger partial charge on any atom is 0.348 e. The number of likely N-dealkylation sites (N-methyl/N-ethyl adjacent to an activating group) is 1. The second-order valence-electron chi connectivity index (χ2n) is 6.35. The third-order valence-electron chi connectivity index (χ3n) is 4.26. The van der Waals surface area contributed by atoms with E-state index in [-0.39, 0.29) is 11.5 Å². The van der Waals surface area contributed by atoms with E-state index >= 15 is 0 Å². The zero-order valence-corrected chi connectivity index (χ0v) is 14.9. The van der Waals surface area contributed by atoms with Crippen molar-refractivity contribution in [2.24, 2.45) is 0 Å². The van der Waals surface area contributed by atoms with Crippen molar-refractivity contribution in [1.82, 2.24) is 14.5 Å². The van der Waals surface area contributed by atoms with Crippen LogP contribution < -0.4 is 5.69 Å². The molecule has 0 bridgehead atoms. The SMILES string of the molecule is CN(C)CCn1c2c(c(SCc3ccc(F)cc3)nc1=O)CCC2. The second-order valence-corrected chi connectivity index (χ2v) is 7.31. The van der Waals surface area contributed by atoms with Crippen LogP contribution in [0.3, 0.4) is 0 Å². The van der Waals surface area contributed by atoms with Crippen LogP contribution in [0.25, 0.3) is 0 Å². The highest BCUT2D eigenvalue weighted by molar-refractivity contribution is 7.98. The van der Waals surface area contributed by atoms with E-state index in [1.165, 1.54) is 17.7 Å². The lowest BCUT2D eigenvalue weighted by Crippen LogP contribution is -2.31. The van der Waals surface area contributed by atoms with Gasteiger partial charge in [0, 0.05) is 30.1 Å². The third-order valence-corrected chi connectivity index (χ3v) is 5.35. The number of halogens is 1. The molecule has 3 rings (SSSR count). The lowest BCUT2D eigenvalue weighted by Gasteiger charge is -2.16. The Labute approximate surface area is 145 Å². The van der Waals surface area contributed by atoms with Gasteiger partial charge in [-0.3, -0.25) is 4.57 Å². The van der Waals surface area contributed by atoms with Gasteiger partial charge in [0.1, 0.15) is 10.8 Å². The lowest BCUT2D eigenvalue weighted by atomic mass is 10.2. The lowest BCUT2D eigenvalue weighted by molar-refractivity contribution is 0.375. The van der Waals surface area contributed by atoms with Gasteiger partial charge in [0.2, 0.25) is 0 Å². The first-order valence-corrected chi connectivity index (χ1v) is 9.17. The quantitative estimate of drug-likeness (QED) is 0.595. The van der Waals surface area contributed by atoms with Crippen LogP contribution in [-0.4, -0.2) is 35.1 Å². The molecular formula is C18H22FN3OS. The van der Waals surface area contributed by atoms with Gasteiger partial charge in [-0.25, -0.2) is 9.18 Å². The third kappa shape index (κ3) is 3.87. The van der Waals surface area contributed by atoms with Crippen molar-refractivity contribution in [3.63, 3.8) is 0 Å². The van der Waals surface area contributed by atoms with Crippen LogP contribution in [0, 0.1) is 5.82 Å². The molecule has 6 heteroatoms. The van der Waals surface area contributed by atoms with Crippen LogP contribution in [-0.2, 0) is 25.1 Å². The van der Waals surface area contributed by atoms with Crippen molar-refractivity contribution in [3.8, 4) is 0 Å². The summed E-state index contributed by atoms with van der Waals surface area (Å²) in [5.41, 5.74) is 3.25. The van der Waals surface area contributed by atoms with Crippen molar-refractivity contribution in [3.05, 3.63) is 57.4 Å². The molecule has 0 N–H and O–H groups in total. The van der Waals surface area contributed by atoms with Crippen molar-refractivity contribution in [1.29, 1.82) is 0 Å². The molecule has 1 heterocycles. The average molecular weight is 347 g/mol. The number of rotatable bonds is 6. The van der Waals surface area contributed by atoms with Crippen LogP contribution >= 0.6 is 11.8 Å². The Hall–Kier alpha value is -1.66. The van der Waals surface area contributed by atoms with Gasteiger partial charge in [0.15, 0.2) is 0 Å². The molecular weight excluding hydrogens is 325 g/mol. The highest BCUT2D eigenvalue weighted by Gasteiger charge is 2.21. The van der Waals surface area contributed by atoms with Gasteiger partial charge in [-0.2, -0.15) is 4.98 Å². The first kappa shape index (κ1) is 17.2. The van der Waals surface area contributed by atoms with Crippen molar-refractivity contribution in [2.75, 3.05) is 20.6 Å². The summed E-state index contributed by atoms with van der Waals surface area (Å²) >= 11 is 1.57. The molecule has 1 aliphatic rings. The van der Waals surface area contributed by atoms with Crippen molar-refractivity contribution in [2.45, 2.75) is 36.6 Å². The topological polar surface area (TPSA) is 38.1 Å². The predicted octanol–water partition coefficient (Wildman–Crippen LogP) is 2.73. The highest BCUT2D eigenvalue weighted by atomic mass is 32.2. The minimum absolute atomic E-state index is 0.154. The fourth-order valence-electron chi connectivity index (χ4n) is 2.97. The molecule has 0 saturated carbocycles.